The predicted molar refractivity (Wildman–Crippen MR) is 131 cm³/mol. The number of carbonyl (C=O) groups excluding carboxylic acids is 2. The maximum Gasteiger partial charge on any atom is 0.510 e. The SMILES string of the molecule is COC(=O)OCOc1c2n(ccc1=O)N1C(c3ccccc3F)c3cc(F)c(F)cc3CCCC1N(C)C2=O. The van der Waals surface area contributed by atoms with Crippen molar-refractivity contribution in [2.75, 3.05) is 26.0 Å². The van der Waals surface area contributed by atoms with Gasteiger partial charge in [0.05, 0.1) is 7.11 Å². The molecule has 0 N–H and O–H groups in total. The van der Waals surface area contributed by atoms with E-state index in [2.05, 4.69) is 4.74 Å². The Hall–Kier alpha value is -4.48. The number of nitrogens with zero attached hydrogens (tertiary/aromatic N) is 3. The molecule has 204 valence electrons. The largest absolute Gasteiger partial charge is 0.510 e. The van der Waals surface area contributed by atoms with Crippen LogP contribution >= 0.6 is 0 Å². The first-order chi connectivity index (χ1) is 18.7. The van der Waals surface area contributed by atoms with E-state index in [4.69, 9.17) is 9.47 Å². The molecule has 2 unspecified atom stereocenters. The quantitative estimate of drug-likeness (QED) is 0.365. The van der Waals surface area contributed by atoms with Crippen LogP contribution in [0.3, 0.4) is 0 Å². The standard InChI is InChI=1S/C27H24F3N3O6/c1-31-22-9-5-6-15-12-19(29)20(30)13-17(15)23(16-7-3-4-8-18(16)28)33(22)32-11-10-21(34)25(24(32)26(31)35)38-14-39-27(36)37-2/h3-4,7-8,10-13,22-23H,5-6,9,14H2,1-2H3. The number of hydrogen-bond acceptors (Lipinski definition) is 7. The molecule has 1 amide bonds. The van der Waals surface area contributed by atoms with E-state index >= 15 is 4.39 Å². The van der Waals surface area contributed by atoms with Gasteiger partial charge in [0.2, 0.25) is 18.0 Å². The zero-order chi connectivity index (χ0) is 27.8. The fraction of sp³-hybridized carbons (Fsp3) is 0.296. The Kier molecular flexibility index (Phi) is 6.94. The smallest absolute Gasteiger partial charge is 0.451 e. The summed E-state index contributed by atoms with van der Waals surface area (Å²) in [5.74, 6) is -3.69. The molecule has 0 spiro atoms. The number of ether oxygens (including phenoxy) is 3. The predicted octanol–water partition coefficient (Wildman–Crippen LogP) is 3.86. The molecule has 2 aliphatic rings. The highest BCUT2D eigenvalue weighted by Gasteiger charge is 2.44. The summed E-state index contributed by atoms with van der Waals surface area (Å²) in [6.45, 7) is -0.719. The topological polar surface area (TPSA) is 90.3 Å². The zero-order valence-corrected chi connectivity index (χ0v) is 21.0. The molecule has 9 nitrogen and oxygen atoms in total. The van der Waals surface area contributed by atoms with Crippen molar-refractivity contribution < 1.29 is 37.0 Å². The molecule has 39 heavy (non-hydrogen) atoms. The van der Waals surface area contributed by atoms with Gasteiger partial charge in [-0.2, -0.15) is 0 Å². The van der Waals surface area contributed by atoms with Crippen LogP contribution in [0, 0.1) is 17.5 Å². The van der Waals surface area contributed by atoms with E-state index in [0.29, 0.717) is 30.4 Å². The van der Waals surface area contributed by atoms with Crippen LogP contribution in [0.5, 0.6) is 5.75 Å². The molecule has 5 rings (SSSR count). The molecule has 3 heterocycles. The first-order valence-electron chi connectivity index (χ1n) is 12.1. The summed E-state index contributed by atoms with van der Waals surface area (Å²) in [5.41, 5.74) is 0.0810. The summed E-state index contributed by atoms with van der Waals surface area (Å²) >= 11 is 0. The number of carbonyl (C=O) groups is 2. The third kappa shape index (κ3) is 4.55. The van der Waals surface area contributed by atoms with Gasteiger partial charge in [0.15, 0.2) is 17.3 Å². The summed E-state index contributed by atoms with van der Waals surface area (Å²) in [5, 5.41) is 1.65. The lowest BCUT2D eigenvalue weighted by Gasteiger charge is -2.50. The Morgan fingerprint density at radius 1 is 1.03 bits per heavy atom. The van der Waals surface area contributed by atoms with Gasteiger partial charge in [-0.05, 0) is 48.6 Å². The van der Waals surface area contributed by atoms with Crippen LogP contribution in [-0.4, -0.2) is 48.8 Å². The summed E-state index contributed by atoms with van der Waals surface area (Å²) in [6.07, 6.45) is 0.916. The average Bonchev–Trinajstić information content (AvgIpc) is 2.91. The first kappa shape index (κ1) is 26.1. The van der Waals surface area contributed by atoms with Gasteiger partial charge in [0.25, 0.3) is 5.91 Å². The number of pyridine rings is 1. The molecular weight excluding hydrogens is 519 g/mol. The van der Waals surface area contributed by atoms with E-state index < -0.39 is 59.7 Å². The third-order valence-electron chi connectivity index (χ3n) is 6.96. The number of methoxy groups -OCH3 is 1. The summed E-state index contributed by atoms with van der Waals surface area (Å²) < 4.78 is 60.3. The molecule has 0 saturated carbocycles. The van der Waals surface area contributed by atoms with Crippen LogP contribution in [-0.2, 0) is 15.9 Å². The highest BCUT2D eigenvalue weighted by atomic mass is 19.2. The molecule has 3 aromatic rings. The van der Waals surface area contributed by atoms with Crippen LogP contribution < -0.4 is 15.2 Å². The van der Waals surface area contributed by atoms with E-state index in [1.54, 1.807) is 11.1 Å². The van der Waals surface area contributed by atoms with Crippen molar-refractivity contribution in [2.24, 2.45) is 0 Å². The van der Waals surface area contributed by atoms with Gasteiger partial charge in [-0.25, -0.2) is 18.0 Å². The molecule has 1 aromatic heterocycles. The average molecular weight is 543 g/mol. The summed E-state index contributed by atoms with van der Waals surface area (Å²) in [7, 11) is 2.62. The minimum atomic E-state index is -1.10. The molecule has 0 saturated heterocycles. The molecular formula is C27H24F3N3O6. The minimum absolute atomic E-state index is 0.153. The van der Waals surface area contributed by atoms with Crippen molar-refractivity contribution in [1.29, 1.82) is 0 Å². The molecule has 0 bridgehead atoms. The van der Waals surface area contributed by atoms with Crippen LogP contribution in [0.2, 0.25) is 0 Å². The van der Waals surface area contributed by atoms with Gasteiger partial charge in [-0.1, -0.05) is 18.2 Å². The van der Waals surface area contributed by atoms with Crippen molar-refractivity contribution in [3.8, 4) is 5.75 Å². The lowest BCUT2D eigenvalue weighted by molar-refractivity contribution is 0.0131. The second-order valence-electron chi connectivity index (χ2n) is 9.12. The second kappa shape index (κ2) is 10.4. The fourth-order valence-corrected chi connectivity index (χ4v) is 5.18. The fourth-order valence-electron chi connectivity index (χ4n) is 5.18. The van der Waals surface area contributed by atoms with E-state index in [0.717, 1.165) is 25.3 Å². The van der Waals surface area contributed by atoms with E-state index in [1.165, 1.54) is 41.0 Å². The highest BCUT2D eigenvalue weighted by molar-refractivity contribution is 5.96. The number of aromatic nitrogens is 1. The van der Waals surface area contributed by atoms with Gasteiger partial charge >= 0.3 is 6.16 Å². The van der Waals surface area contributed by atoms with Crippen LogP contribution in [0.25, 0.3) is 0 Å². The maximum atomic E-state index is 15.4. The molecule has 2 aliphatic heterocycles. The zero-order valence-electron chi connectivity index (χ0n) is 21.0. The van der Waals surface area contributed by atoms with Crippen LogP contribution in [0.4, 0.5) is 18.0 Å². The number of aryl methyl sites for hydroxylation is 1. The monoisotopic (exact) mass is 543 g/mol. The number of rotatable bonds is 4. The number of benzene rings is 2. The molecule has 2 atom stereocenters. The summed E-state index contributed by atoms with van der Waals surface area (Å²) in [4.78, 5) is 39.2. The highest BCUT2D eigenvalue weighted by Crippen LogP contribution is 2.40. The Morgan fingerprint density at radius 2 is 1.77 bits per heavy atom. The molecule has 0 radical (unpaired) electrons. The van der Waals surface area contributed by atoms with E-state index in [1.807, 2.05) is 0 Å². The van der Waals surface area contributed by atoms with Gasteiger partial charge in [0, 0.05) is 24.9 Å². The molecule has 0 aliphatic carbocycles. The number of fused-ring (bicyclic) bond motifs is 4. The third-order valence-corrected chi connectivity index (χ3v) is 6.96. The number of amides is 1. The van der Waals surface area contributed by atoms with Gasteiger partial charge in [-0.3, -0.25) is 19.3 Å². The van der Waals surface area contributed by atoms with Crippen molar-refractivity contribution >= 4 is 12.1 Å². The minimum Gasteiger partial charge on any atom is -0.451 e. The Morgan fingerprint density at radius 3 is 2.51 bits per heavy atom. The Balaban J connectivity index is 1.75. The van der Waals surface area contributed by atoms with E-state index in [9.17, 15) is 23.2 Å². The van der Waals surface area contributed by atoms with Gasteiger partial charge in [0.1, 0.15) is 18.0 Å². The van der Waals surface area contributed by atoms with Gasteiger partial charge < -0.3 is 19.1 Å². The van der Waals surface area contributed by atoms with Gasteiger partial charge in [-0.15, -0.1) is 0 Å². The van der Waals surface area contributed by atoms with Crippen molar-refractivity contribution in [3.63, 3.8) is 0 Å². The van der Waals surface area contributed by atoms with E-state index in [-0.39, 0.29) is 11.3 Å². The number of hydrogen-bond donors (Lipinski definition) is 0. The lowest BCUT2D eigenvalue weighted by Crippen LogP contribution is -2.61. The summed E-state index contributed by atoms with van der Waals surface area (Å²) in [6, 6.07) is 8.20. The lowest BCUT2D eigenvalue weighted by atomic mass is 9.88. The van der Waals surface area contributed by atoms with Crippen molar-refractivity contribution in [1.82, 2.24) is 9.58 Å². The van der Waals surface area contributed by atoms with Crippen molar-refractivity contribution in [3.05, 3.63) is 98.7 Å². The Bertz CT molecular complexity index is 1510. The second-order valence-corrected chi connectivity index (χ2v) is 9.12. The van der Waals surface area contributed by atoms with Crippen LogP contribution in [0.1, 0.15) is 46.1 Å². The number of halogens is 3. The first-order valence-corrected chi connectivity index (χ1v) is 12.1. The van der Waals surface area contributed by atoms with Crippen LogP contribution in [0.15, 0.2) is 53.5 Å². The molecule has 0 fully saturated rings. The maximum absolute atomic E-state index is 15.4. The molecule has 12 heteroatoms. The van der Waals surface area contributed by atoms with Crippen molar-refractivity contribution in [2.45, 2.75) is 31.5 Å². The Labute approximate surface area is 220 Å². The molecule has 2 aromatic carbocycles. The normalized spacial score (nSPS) is 18.3.